The van der Waals surface area contributed by atoms with Gasteiger partial charge in [0.05, 0.1) is 0 Å². The summed E-state index contributed by atoms with van der Waals surface area (Å²) < 4.78 is 3.72. The third-order valence-corrected chi connectivity index (χ3v) is 7.09. The second kappa shape index (κ2) is 3.21. The molecule has 2 aliphatic carbocycles. The first-order chi connectivity index (χ1) is 6.43. The van der Waals surface area contributed by atoms with Crippen molar-refractivity contribution < 1.29 is 23.2 Å². The summed E-state index contributed by atoms with van der Waals surface area (Å²) in [6, 6.07) is 0. The molecule has 0 N–H and O–H groups in total. The van der Waals surface area contributed by atoms with Gasteiger partial charge in [-0.25, -0.2) is 0 Å². The Hall–Kier alpha value is -0.157. The van der Waals surface area contributed by atoms with Gasteiger partial charge in [0, 0.05) is 0 Å². The van der Waals surface area contributed by atoms with Gasteiger partial charge in [0.25, 0.3) is 0 Å². The van der Waals surface area contributed by atoms with Gasteiger partial charge in [0.15, 0.2) is 0 Å². The van der Waals surface area contributed by atoms with E-state index in [1.807, 2.05) is 6.56 Å². The second-order valence-corrected chi connectivity index (χ2v) is 7.43. The molecule has 0 amide bonds. The predicted octanol–water partition coefficient (Wildman–Crippen LogP) is 3.29. The van der Waals surface area contributed by atoms with Crippen LogP contribution < -0.4 is 0 Å². The Morgan fingerprint density at radius 3 is 1.92 bits per heavy atom. The molecule has 0 atom stereocenters. The molecule has 0 nitrogen and oxygen atoms in total. The van der Waals surface area contributed by atoms with E-state index in [0.717, 1.165) is 0 Å². The zero-order valence-corrected chi connectivity index (χ0v) is 10.1. The maximum atomic E-state index is 2.38. The molecule has 0 aromatic carbocycles. The average molecular weight is 247 g/mol. The van der Waals surface area contributed by atoms with Crippen molar-refractivity contribution in [1.82, 2.24) is 0 Å². The van der Waals surface area contributed by atoms with Crippen LogP contribution in [0.15, 0.2) is 42.0 Å². The van der Waals surface area contributed by atoms with Gasteiger partial charge in [-0.3, -0.25) is 0 Å². The van der Waals surface area contributed by atoms with Gasteiger partial charge in [0.2, 0.25) is 0 Å². The van der Waals surface area contributed by atoms with Gasteiger partial charge < -0.3 is 0 Å². The summed E-state index contributed by atoms with van der Waals surface area (Å²) in [4.78, 5) is 0. The Labute approximate surface area is 90.7 Å². The molecule has 0 aromatic heterocycles. The fraction of sp³-hybridized carbons (Fsp3) is 0.333. The van der Waals surface area contributed by atoms with Crippen LogP contribution in [0.4, 0.5) is 0 Å². The fourth-order valence-corrected chi connectivity index (χ4v) is 6.07. The molecule has 3 aliphatic rings. The van der Waals surface area contributed by atoms with Crippen LogP contribution >= 0.6 is 0 Å². The normalized spacial score (nSPS) is 24.6. The molecule has 64 valence electrons. The predicted molar refractivity (Wildman–Crippen MR) is 50.8 cm³/mol. The standard InChI is InChI=1S/C12H12.Zr/c1-2-6-11(5-1)9-10-12-7-3-4-8-12;/h1,3,5,7H,2,4,9-10H2;. The van der Waals surface area contributed by atoms with Gasteiger partial charge in [-0.15, -0.1) is 0 Å². The van der Waals surface area contributed by atoms with Crippen LogP contribution in [0.5, 0.6) is 0 Å². The summed E-state index contributed by atoms with van der Waals surface area (Å²) >= 11 is -0.323. The first-order valence-corrected chi connectivity index (χ1v) is 7.43. The zero-order valence-electron chi connectivity index (χ0n) is 7.64. The molecular weight excluding hydrogens is 235 g/mol. The number of hydrogen-bond acceptors (Lipinski definition) is 0. The molecule has 0 saturated heterocycles. The van der Waals surface area contributed by atoms with Crippen molar-refractivity contribution in [3.8, 4) is 0 Å². The second-order valence-electron chi connectivity index (χ2n) is 3.85. The van der Waals surface area contributed by atoms with Crippen molar-refractivity contribution in [2.75, 3.05) is 0 Å². The maximum absolute atomic E-state index is 2.38. The average Bonchev–Trinajstić information content (AvgIpc) is 2.72. The summed E-state index contributed by atoms with van der Waals surface area (Å²) in [5, 5.41) is 0. The Morgan fingerprint density at radius 2 is 1.38 bits per heavy atom. The molecule has 1 heteroatoms. The van der Waals surface area contributed by atoms with E-state index in [-0.39, 0.29) is 23.2 Å². The van der Waals surface area contributed by atoms with Crippen molar-refractivity contribution in [2.24, 2.45) is 0 Å². The molecular formula is C12H12Zr. The van der Waals surface area contributed by atoms with E-state index in [4.69, 9.17) is 0 Å². The van der Waals surface area contributed by atoms with Gasteiger partial charge in [-0.1, -0.05) is 0 Å². The van der Waals surface area contributed by atoms with Crippen LogP contribution in [0, 0.1) is 0 Å². The van der Waals surface area contributed by atoms with Crippen LogP contribution in [0.1, 0.15) is 25.7 Å². The van der Waals surface area contributed by atoms with Gasteiger partial charge >= 0.3 is 90.9 Å². The summed E-state index contributed by atoms with van der Waals surface area (Å²) in [6.07, 6.45) is 14.7. The summed E-state index contributed by atoms with van der Waals surface area (Å²) in [7, 11) is 0. The molecule has 13 heavy (non-hydrogen) atoms. The molecule has 0 fully saturated rings. The Balaban J connectivity index is 1.93. The summed E-state index contributed by atoms with van der Waals surface area (Å²) in [6.45, 7) is 0. The van der Waals surface area contributed by atoms with E-state index in [2.05, 4.69) is 24.3 Å². The molecule has 0 bridgehead atoms. The zero-order chi connectivity index (χ0) is 8.67. The third kappa shape index (κ3) is 1.38. The number of allylic oxidation sites excluding steroid dienone is 8. The Kier molecular flexibility index (Phi) is 2.02. The third-order valence-electron chi connectivity index (χ3n) is 3.02. The Bertz CT molecular complexity index is 331. The quantitative estimate of drug-likeness (QED) is 0.616. The van der Waals surface area contributed by atoms with Crippen LogP contribution in [0.3, 0.4) is 0 Å². The molecule has 0 radical (unpaired) electrons. The van der Waals surface area contributed by atoms with E-state index < -0.39 is 0 Å². The van der Waals surface area contributed by atoms with Crippen molar-refractivity contribution in [3.63, 3.8) is 0 Å². The van der Waals surface area contributed by atoms with E-state index in [9.17, 15) is 0 Å². The topological polar surface area (TPSA) is 0 Å². The van der Waals surface area contributed by atoms with Gasteiger partial charge in [0.1, 0.15) is 0 Å². The van der Waals surface area contributed by atoms with Crippen molar-refractivity contribution in [3.05, 3.63) is 42.0 Å². The Morgan fingerprint density at radius 1 is 0.846 bits per heavy atom. The van der Waals surface area contributed by atoms with Crippen molar-refractivity contribution in [1.29, 1.82) is 0 Å². The molecule has 0 aromatic rings. The number of rotatable bonds is 0. The molecule has 0 spiro atoms. The van der Waals surface area contributed by atoms with Crippen LogP contribution in [0.2, 0.25) is 0 Å². The van der Waals surface area contributed by atoms with Gasteiger partial charge in [-0.2, -0.15) is 0 Å². The molecule has 1 heterocycles. The van der Waals surface area contributed by atoms with E-state index in [1.165, 1.54) is 25.7 Å². The molecule has 0 saturated carbocycles. The molecule has 1 aliphatic heterocycles. The van der Waals surface area contributed by atoms with Gasteiger partial charge in [-0.05, 0) is 0 Å². The van der Waals surface area contributed by atoms with E-state index >= 15 is 0 Å². The summed E-state index contributed by atoms with van der Waals surface area (Å²) in [5.74, 6) is 0. The van der Waals surface area contributed by atoms with Crippen LogP contribution in [0.25, 0.3) is 0 Å². The van der Waals surface area contributed by atoms with Crippen molar-refractivity contribution in [2.45, 2.75) is 25.7 Å². The van der Waals surface area contributed by atoms with Crippen LogP contribution in [-0.4, -0.2) is 0 Å². The monoisotopic (exact) mass is 246 g/mol. The minimum atomic E-state index is -0.323. The SMILES string of the molecule is C1=CC2=[C](C1)[Zr][C]1=C(C=CC1)CC2. The van der Waals surface area contributed by atoms with E-state index in [1.54, 1.807) is 11.1 Å². The summed E-state index contributed by atoms with van der Waals surface area (Å²) in [5.41, 5.74) is 3.41. The van der Waals surface area contributed by atoms with Crippen LogP contribution in [-0.2, 0) is 23.2 Å². The van der Waals surface area contributed by atoms with E-state index in [0.29, 0.717) is 0 Å². The fourth-order valence-electron chi connectivity index (χ4n) is 2.28. The minimum absolute atomic E-state index is 0.323. The number of hydrogen-bond donors (Lipinski definition) is 0. The molecule has 0 unspecified atom stereocenters. The first-order valence-electron chi connectivity index (χ1n) is 4.97. The molecule has 3 rings (SSSR count). The first kappa shape index (κ1) is 8.18. The van der Waals surface area contributed by atoms with Crippen molar-refractivity contribution >= 4 is 0 Å².